The topological polar surface area (TPSA) is 95.2 Å². The highest BCUT2D eigenvalue weighted by atomic mass is 16.5. The summed E-state index contributed by atoms with van der Waals surface area (Å²) in [5.74, 6) is 0.607. The van der Waals surface area contributed by atoms with E-state index in [1.165, 1.54) is 0 Å². The van der Waals surface area contributed by atoms with Gasteiger partial charge in [0, 0.05) is 36.6 Å². The molecule has 0 radical (unpaired) electrons. The maximum Gasteiger partial charge on any atom is 0.179 e. The summed E-state index contributed by atoms with van der Waals surface area (Å²) < 4.78 is 9.19. The van der Waals surface area contributed by atoms with E-state index >= 15 is 0 Å². The zero-order valence-electron chi connectivity index (χ0n) is 15.3. The standard InChI is InChI=1S/C19H19N7O/c1-13-17(11-25(23-13)16-3-5-24(12-21)6-4-16)14-7-18(27-2)19-15(8-20)9-22-26(19)10-14/h7,9-11,16H,3-6H2,1-2H3. The molecule has 4 heterocycles. The summed E-state index contributed by atoms with van der Waals surface area (Å²) in [7, 11) is 1.59. The van der Waals surface area contributed by atoms with Gasteiger partial charge in [0.25, 0.3) is 0 Å². The average Bonchev–Trinajstić information content (AvgIpc) is 3.30. The quantitative estimate of drug-likeness (QED) is 0.665. The molecule has 0 unspecified atom stereocenters. The van der Waals surface area contributed by atoms with Crippen molar-refractivity contribution in [2.75, 3.05) is 20.2 Å². The summed E-state index contributed by atoms with van der Waals surface area (Å²) in [6, 6.07) is 4.36. The minimum atomic E-state index is 0.294. The number of ether oxygens (including phenoxy) is 1. The summed E-state index contributed by atoms with van der Waals surface area (Å²) in [6.45, 7) is 3.51. The number of piperidine rings is 1. The number of nitriles is 2. The van der Waals surface area contributed by atoms with Crippen molar-refractivity contribution in [1.29, 1.82) is 10.5 Å². The Labute approximate surface area is 156 Å². The molecule has 8 nitrogen and oxygen atoms in total. The smallest absolute Gasteiger partial charge is 0.179 e. The minimum Gasteiger partial charge on any atom is -0.494 e. The van der Waals surface area contributed by atoms with Gasteiger partial charge < -0.3 is 9.64 Å². The van der Waals surface area contributed by atoms with Gasteiger partial charge >= 0.3 is 0 Å². The van der Waals surface area contributed by atoms with Crippen LogP contribution in [0.1, 0.15) is 30.1 Å². The molecule has 0 amide bonds. The first kappa shape index (κ1) is 16.9. The zero-order chi connectivity index (χ0) is 19.0. The van der Waals surface area contributed by atoms with Gasteiger partial charge in [0.15, 0.2) is 6.19 Å². The Morgan fingerprint density at radius 2 is 2.00 bits per heavy atom. The SMILES string of the molecule is COc1cc(-c2cn(C3CCN(C#N)CC3)nc2C)cn2ncc(C#N)c12. The number of methoxy groups -OCH3 is 1. The fourth-order valence-electron chi connectivity index (χ4n) is 3.65. The second-order valence-electron chi connectivity index (χ2n) is 6.69. The van der Waals surface area contributed by atoms with E-state index in [-0.39, 0.29) is 0 Å². The van der Waals surface area contributed by atoms with Crippen LogP contribution in [0.15, 0.2) is 24.7 Å². The molecule has 1 saturated heterocycles. The van der Waals surface area contributed by atoms with Crippen LogP contribution in [0, 0.1) is 29.7 Å². The van der Waals surface area contributed by atoms with Gasteiger partial charge in [0.2, 0.25) is 0 Å². The van der Waals surface area contributed by atoms with E-state index < -0.39 is 0 Å². The van der Waals surface area contributed by atoms with Crippen molar-refractivity contribution in [2.45, 2.75) is 25.8 Å². The van der Waals surface area contributed by atoms with Crippen molar-refractivity contribution in [3.05, 3.63) is 35.9 Å². The van der Waals surface area contributed by atoms with Crippen LogP contribution in [-0.4, -0.2) is 44.5 Å². The second kappa shape index (κ2) is 6.65. The first-order chi connectivity index (χ1) is 13.1. The fraction of sp³-hybridized carbons (Fsp3) is 0.368. The van der Waals surface area contributed by atoms with Gasteiger partial charge in [-0.25, -0.2) is 4.52 Å². The molecule has 0 spiro atoms. The van der Waals surface area contributed by atoms with Crippen LogP contribution in [0.5, 0.6) is 5.75 Å². The minimum absolute atomic E-state index is 0.294. The lowest BCUT2D eigenvalue weighted by Gasteiger charge is -2.28. The summed E-state index contributed by atoms with van der Waals surface area (Å²) >= 11 is 0. The molecule has 0 aromatic carbocycles. The maximum atomic E-state index is 9.26. The van der Waals surface area contributed by atoms with Gasteiger partial charge in [0.05, 0.1) is 25.0 Å². The third kappa shape index (κ3) is 2.85. The van der Waals surface area contributed by atoms with E-state index in [4.69, 9.17) is 15.1 Å². The van der Waals surface area contributed by atoms with E-state index in [9.17, 15) is 5.26 Å². The highest BCUT2D eigenvalue weighted by Gasteiger charge is 2.22. The van der Waals surface area contributed by atoms with E-state index in [2.05, 4.69) is 23.6 Å². The molecular formula is C19H19N7O. The Bertz CT molecular complexity index is 1070. The lowest BCUT2D eigenvalue weighted by Crippen LogP contribution is -2.31. The van der Waals surface area contributed by atoms with Crippen LogP contribution in [0.4, 0.5) is 0 Å². The number of pyridine rings is 1. The van der Waals surface area contributed by atoms with Gasteiger partial charge in [-0.1, -0.05) is 0 Å². The molecule has 1 aliphatic heterocycles. The predicted octanol–water partition coefficient (Wildman–Crippen LogP) is 2.50. The first-order valence-electron chi connectivity index (χ1n) is 8.81. The highest BCUT2D eigenvalue weighted by molar-refractivity contribution is 5.75. The van der Waals surface area contributed by atoms with Gasteiger partial charge in [0.1, 0.15) is 22.9 Å². The Morgan fingerprint density at radius 1 is 1.22 bits per heavy atom. The van der Waals surface area contributed by atoms with Crippen LogP contribution < -0.4 is 4.74 Å². The molecular weight excluding hydrogens is 342 g/mol. The molecule has 0 atom stereocenters. The summed E-state index contributed by atoms with van der Waals surface area (Å²) in [6.07, 6.45) is 9.51. The molecule has 4 rings (SSSR count). The lowest BCUT2D eigenvalue weighted by atomic mass is 10.1. The van der Waals surface area contributed by atoms with Gasteiger partial charge in [-0.3, -0.25) is 4.68 Å². The van der Waals surface area contributed by atoms with Gasteiger partial charge in [-0.05, 0) is 25.8 Å². The third-order valence-corrected chi connectivity index (χ3v) is 5.12. The van der Waals surface area contributed by atoms with Crippen molar-refractivity contribution in [1.82, 2.24) is 24.3 Å². The normalized spacial score (nSPS) is 14.9. The number of aryl methyl sites for hydroxylation is 1. The van der Waals surface area contributed by atoms with Crippen LogP contribution in [0.2, 0.25) is 0 Å². The van der Waals surface area contributed by atoms with Crippen molar-refractivity contribution in [2.24, 2.45) is 0 Å². The maximum absolute atomic E-state index is 9.26. The van der Waals surface area contributed by atoms with Gasteiger partial charge in [-0.15, -0.1) is 0 Å². The predicted molar refractivity (Wildman–Crippen MR) is 97.9 cm³/mol. The van der Waals surface area contributed by atoms with E-state index in [1.54, 1.807) is 22.7 Å². The monoisotopic (exact) mass is 361 g/mol. The zero-order valence-corrected chi connectivity index (χ0v) is 15.3. The van der Waals surface area contributed by atoms with Crippen molar-refractivity contribution in [3.63, 3.8) is 0 Å². The molecule has 8 heteroatoms. The molecule has 3 aromatic rings. The van der Waals surface area contributed by atoms with Crippen LogP contribution >= 0.6 is 0 Å². The number of hydrogen-bond donors (Lipinski definition) is 0. The molecule has 1 fully saturated rings. The van der Waals surface area contributed by atoms with Crippen molar-refractivity contribution >= 4 is 5.52 Å². The summed E-state index contributed by atoms with van der Waals surface area (Å²) in [4.78, 5) is 1.79. The number of fused-ring (bicyclic) bond motifs is 1. The Hall–Kier alpha value is -3.52. The summed E-state index contributed by atoms with van der Waals surface area (Å²) in [5, 5.41) is 27.3. The van der Waals surface area contributed by atoms with E-state index in [0.29, 0.717) is 22.9 Å². The molecule has 136 valence electrons. The molecule has 1 aliphatic rings. The Balaban J connectivity index is 1.71. The number of nitrogens with zero attached hydrogens (tertiary/aromatic N) is 7. The van der Waals surface area contributed by atoms with Crippen LogP contribution in [0.25, 0.3) is 16.6 Å². The molecule has 0 bridgehead atoms. The molecule has 0 saturated carbocycles. The van der Waals surface area contributed by atoms with Crippen LogP contribution in [0.3, 0.4) is 0 Å². The summed E-state index contributed by atoms with van der Waals surface area (Å²) in [5.41, 5.74) is 4.01. The van der Waals surface area contributed by atoms with Crippen molar-refractivity contribution in [3.8, 4) is 29.1 Å². The molecule has 27 heavy (non-hydrogen) atoms. The average molecular weight is 361 g/mol. The fourth-order valence-corrected chi connectivity index (χ4v) is 3.65. The Morgan fingerprint density at radius 3 is 2.67 bits per heavy atom. The molecule has 0 aliphatic carbocycles. The van der Waals surface area contributed by atoms with Crippen molar-refractivity contribution < 1.29 is 4.74 Å². The first-order valence-corrected chi connectivity index (χ1v) is 8.81. The largest absolute Gasteiger partial charge is 0.494 e. The number of rotatable bonds is 3. The molecule has 0 N–H and O–H groups in total. The van der Waals surface area contributed by atoms with Gasteiger partial charge in [-0.2, -0.15) is 20.7 Å². The number of aromatic nitrogens is 4. The second-order valence-corrected chi connectivity index (χ2v) is 6.69. The van der Waals surface area contributed by atoms with E-state index in [0.717, 1.165) is 42.8 Å². The molecule has 3 aromatic heterocycles. The third-order valence-electron chi connectivity index (χ3n) is 5.12. The number of likely N-dealkylation sites (tertiary alicyclic amines) is 1. The number of hydrogen-bond acceptors (Lipinski definition) is 6. The van der Waals surface area contributed by atoms with Crippen LogP contribution in [-0.2, 0) is 0 Å². The van der Waals surface area contributed by atoms with E-state index in [1.807, 2.05) is 23.9 Å². The lowest BCUT2D eigenvalue weighted by molar-refractivity contribution is 0.241. The Kier molecular flexibility index (Phi) is 4.17. The highest BCUT2D eigenvalue weighted by Crippen LogP contribution is 2.32.